The van der Waals surface area contributed by atoms with Gasteiger partial charge < -0.3 is 14.9 Å². The van der Waals surface area contributed by atoms with Gasteiger partial charge in [0, 0.05) is 59.4 Å². The van der Waals surface area contributed by atoms with E-state index >= 15 is 0 Å². The predicted molar refractivity (Wildman–Crippen MR) is 119 cm³/mol. The second kappa shape index (κ2) is 8.10. The summed E-state index contributed by atoms with van der Waals surface area (Å²) in [6, 6.07) is 14.0. The molecule has 162 valence electrons. The lowest BCUT2D eigenvalue weighted by Crippen LogP contribution is -2.55. The molecule has 3 aliphatic rings. The predicted octanol–water partition coefficient (Wildman–Crippen LogP) is 2.78. The topological polar surface area (TPSA) is 64.1 Å². The molecule has 31 heavy (non-hydrogen) atoms. The molecule has 2 aromatic rings. The molecule has 4 atom stereocenters. The van der Waals surface area contributed by atoms with Gasteiger partial charge in [0.25, 0.3) is 11.8 Å². The number of halogens is 2. The first-order valence-electron chi connectivity index (χ1n) is 10.5. The lowest BCUT2D eigenvalue weighted by atomic mass is 10.1. The number of carbonyl (C=O) groups excluding carboxylic acids is 2. The molecule has 0 spiro atoms. The average Bonchev–Trinajstić information content (AvgIpc) is 3.47. The molecule has 6 nitrogen and oxygen atoms in total. The second-order valence-corrected chi connectivity index (χ2v) is 9.43. The number of rotatable bonds is 3. The van der Waals surface area contributed by atoms with E-state index in [-0.39, 0.29) is 29.9 Å². The summed E-state index contributed by atoms with van der Waals surface area (Å²) in [5, 5.41) is 11.9. The fourth-order valence-electron chi connectivity index (χ4n) is 5.15. The molecule has 5 rings (SSSR count). The lowest BCUT2D eigenvalue weighted by Gasteiger charge is -2.38. The van der Waals surface area contributed by atoms with E-state index in [1.807, 2.05) is 4.90 Å². The average molecular weight is 460 g/mol. The van der Waals surface area contributed by atoms with Crippen LogP contribution >= 0.6 is 23.2 Å². The molecule has 1 N–H and O–H groups in total. The van der Waals surface area contributed by atoms with Crippen LogP contribution in [-0.4, -0.2) is 82.0 Å². The first-order valence-corrected chi connectivity index (χ1v) is 11.2. The van der Waals surface area contributed by atoms with Crippen LogP contribution in [0, 0.1) is 0 Å². The summed E-state index contributed by atoms with van der Waals surface area (Å²) in [7, 11) is 0. The van der Waals surface area contributed by atoms with E-state index in [0.717, 1.165) is 6.42 Å². The van der Waals surface area contributed by atoms with Crippen LogP contribution in [0.2, 0.25) is 10.0 Å². The summed E-state index contributed by atoms with van der Waals surface area (Å²) in [5.41, 5.74) is 1.21. The number of fused-ring (bicyclic) bond motifs is 2. The monoisotopic (exact) mass is 459 g/mol. The van der Waals surface area contributed by atoms with E-state index in [4.69, 9.17) is 23.2 Å². The minimum atomic E-state index is -0.601. The first kappa shape index (κ1) is 20.8. The normalized spacial score (nSPS) is 27.8. The molecule has 0 saturated carbocycles. The largest absolute Gasteiger partial charge is 0.390 e. The number of β-amino-alcohol motifs (C(OH)–C–C–N with tert-alkyl or cyclic N) is 1. The molecule has 0 aromatic heterocycles. The van der Waals surface area contributed by atoms with Gasteiger partial charge in [-0.05, 0) is 55.0 Å². The maximum absolute atomic E-state index is 12.9. The quantitative estimate of drug-likeness (QED) is 0.766. The molecule has 3 heterocycles. The minimum absolute atomic E-state index is 0.0235. The fraction of sp³-hybridized carbons (Fsp3) is 0.391. The number of piperazine rings is 1. The molecular weight excluding hydrogens is 437 g/mol. The molecule has 3 saturated heterocycles. The number of aliphatic hydroxyl groups is 1. The first-order chi connectivity index (χ1) is 14.9. The third kappa shape index (κ3) is 3.82. The van der Waals surface area contributed by atoms with Crippen LogP contribution in [0.4, 0.5) is 0 Å². The summed E-state index contributed by atoms with van der Waals surface area (Å²) in [6.45, 7) is 2.15. The highest BCUT2D eigenvalue weighted by Gasteiger charge is 2.50. The van der Waals surface area contributed by atoms with Crippen molar-refractivity contribution < 1.29 is 14.7 Å². The van der Waals surface area contributed by atoms with Gasteiger partial charge in [0.1, 0.15) is 0 Å². The fourth-order valence-corrected chi connectivity index (χ4v) is 5.40. The highest BCUT2D eigenvalue weighted by atomic mass is 35.5. The standard InChI is InChI=1S/C23H23Cl2N3O3/c24-16-5-1-14(2-6-16)22(30)26-12-20(21(29)13-26)27-10-19-9-18(27)11-28(19)23(31)15-3-7-17(25)8-4-15/h1-8,18-21,29H,9-13H2. The molecule has 0 radical (unpaired) electrons. The van der Waals surface area contributed by atoms with Crippen molar-refractivity contribution in [1.82, 2.24) is 14.7 Å². The van der Waals surface area contributed by atoms with Crippen molar-refractivity contribution in [2.75, 3.05) is 26.2 Å². The van der Waals surface area contributed by atoms with Crippen molar-refractivity contribution in [3.8, 4) is 0 Å². The van der Waals surface area contributed by atoms with Crippen molar-refractivity contribution >= 4 is 35.0 Å². The number of aliphatic hydroxyl groups excluding tert-OH is 1. The summed E-state index contributed by atoms with van der Waals surface area (Å²) in [6.07, 6.45) is 0.296. The Bertz CT molecular complexity index is 998. The highest BCUT2D eigenvalue weighted by molar-refractivity contribution is 6.31. The van der Waals surface area contributed by atoms with E-state index in [9.17, 15) is 14.7 Å². The van der Waals surface area contributed by atoms with E-state index in [1.54, 1.807) is 53.4 Å². The zero-order chi connectivity index (χ0) is 21.7. The van der Waals surface area contributed by atoms with Crippen LogP contribution in [0.5, 0.6) is 0 Å². The number of amides is 2. The summed E-state index contributed by atoms with van der Waals surface area (Å²) in [5.74, 6) is -0.0718. The molecule has 3 aliphatic heterocycles. The molecule has 3 fully saturated rings. The van der Waals surface area contributed by atoms with Gasteiger partial charge in [0.05, 0.1) is 12.1 Å². The van der Waals surface area contributed by atoms with Crippen LogP contribution in [-0.2, 0) is 0 Å². The van der Waals surface area contributed by atoms with Gasteiger partial charge >= 0.3 is 0 Å². The molecule has 8 heteroatoms. The van der Waals surface area contributed by atoms with E-state index in [2.05, 4.69) is 4.90 Å². The van der Waals surface area contributed by atoms with Crippen LogP contribution in [0.1, 0.15) is 27.1 Å². The Morgan fingerprint density at radius 1 is 0.774 bits per heavy atom. The second-order valence-electron chi connectivity index (χ2n) is 8.56. The van der Waals surface area contributed by atoms with Crippen molar-refractivity contribution in [1.29, 1.82) is 0 Å². The zero-order valence-corrected chi connectivity index (χ0v) is 18.3. The SMILES string of the molecule is O=C(c1ccc(Cl)cc1)N1CC(O)C(N2CC3CC2CN3C(=O)c2ccc(Cl)cc2)C1. The Kier molecular flexibility index (Phi) is 5.42. The van der Waals surface area contributed by atoms with E-state index in [0.29, 0.717) is 47.4 Å². The van der Waals surface area contributed by atoms with Gasteiger partial charge in [-0.25, -0.2) is 0 Å². The Balaban J connectivity index is 1.24. The maximum Gasteiger partial charge on any atom is 0.254 e. The molecular formula is C23H23Cl2N3O3. The molecule has 2 bridgehead atoms. The molecule has 4 unspecified atom stereocenters. The molecule has 0 aliphatic carbocycles. The highest BCUT2D eigenvalue weighted by Crippen LogP contribution is 2.35. The number of hydrogen-bond donors (Lipinski definition) is 1. The van der Waals surface area contributed by atoms with Crippen molar-refractivity contribution in [2.24, 2.45) is 0 Å². The third-order valence-corrected chi connectivity index (χ3v) is 7.20. The van der Waals surface area contributed by atoms with Crippen molar-refractivity contribution in [3.05, 3.63) is 69.7 Å². The molecule has 2 amide bonds. The number of hydrogen-bond acceptors (Lipinski definition) is 4. The van der Waals surface area contributed by atoms with E-state index in [1.165, 1.54) is 0 Å². The van der Waals surface area contributed by atoms with Gasteiger partial charge in [-0.1, -0.05) is 23.2 Å². The number of likely N-dealkylation sites (tertiary alicyclic amines) is 3. The van der Waals surface area contributed by atoms with Crippen LogP contribution in [0.15, 0.2) is 48.5 Å². The minimum Gasteiger partial charge on any atom is -0.390 e. The number of benzene rings is 2. The zero-order valence-electron chi connectivity index (χ0n) is 16.8. The van der Waals surface area contributed by atoms with Gasteiger partial charge in [0.2, 0.25) is 0 Å². The smallest absolute Gasteiger partial charge is 0.254 e. The Hall–Kier alpha value is -2.12. The van der Waals surface area contributed by atoms with E-state index < -0.39 is 6.10 Å². The number of carbonyl (C=O) groups is 2. The summed E-state index contributed by atoms with van der Waals surface area (Å²) < 4.78 is 0. The van der Waals surface area contributed by atoms with Gasteiger partial charge in [-0.3, -0.25) is 14.5 Å². The van der Waals surface area contributed by atoms with Crippen LogP contribution < -0.4 is 0 Å². The lowest BCUT2D eigenvalue weighted by molar-refractivity contribution is 0.0352. The number of nitrogens with zero attached hydrogens (tertiary/aromatic N) is 3. The summed E-state index contributed by atoms with van der Waals surface area (Å²) in [4.78, 5) is 31.7. The third-order valence-electron chi connectivity index (χ3n) is 6.70. The Labute approximate surface area is 190 Å². The van der Waals surface area contributed by atoms with Gasteiger partial charge in [0.15, 0.2) is 0 Å². The Morgan fingerprint density at radius 3 is 1.90 bits per heavy atom. The van der Waals surface area contributed by atoms with Gasteiger partial charge in [-0.15, -0.1) is 0 Å². The maximum atomic E-state index is 12.9. The summed E-state index contributed by atoms with van der Waals surface area (Å²) >= 11 is 11.9. The van der Waals surface area contributed by atoms with Crippen LogP contribution in [0.25, 0.3) is 0 Å². The Morgan fingerprint density at radius 2 is 1.35 bits per heavy atom. The molecule has 2 aromatic carbocycles. The van der Waals surface area contributed by atoms with Crippen LogP contribution in [0.3, 0.4) is 0 Å². The van der Waals surface area contributed by atoms with Crippen molar-refractivity contribution in [3.63, 3.8) is 0 Å². The van der Waals surface area contributed by atoms with Crippen molar-refractivity contribution in [2.45, 2.75) is 30.7 Å². The van der Waals surface area contributed by atoms with Gasteiger partial charge in [-0.2, -0.15) is 0 Å².